The maximum atomic E-state index is 12.8. The van der Waals surface area contributed by atoms with Crippen LogP contribution >= 0.6 is 11.3 Å². The number of thiophene rings is 1. The summed E-state index contributed by atoms with van der Waals surface area (Å²) in [4.78, 5) is 1.19. The van der Waals surface area contributed by atoms with Gasteiger partial charge >= 0.3 is 0 Å². The van der Waals surface area contributed by atoms with Crippen LogP contribution in [0.5, 0.6) is 0 Å². The quantitative estimate of drug-likeness (QED) is 0.643. The lowest BCUT2D eigenvalue weighted by atomic mass is 10.1. The van der Waals surface area contributed by atoms with Crippen molar-refractivity contribution in [2.75, 3.05) is 0 Å². The fourth-order valence-electron chi connectivity index (χ4n) is 1.34. The summed E-state index contributed by atoms with van der Waals surface area (Å²) in [7, 11) is 0. The van der Waals surface area contributed by atoms with Gasteiger partial charge in [-0.1, -0.05) is 12.1 Å². The molecule has 1 heterocycles. The van der Waals surface area contributed by atoms with Crippen LogP contribution in [0.1, 0.15) is 5.56 Å². The fraction of sp³-hybridized carbons (Fsp3) is 0.0909. The lowest BCUT2D eigenvalue weighted by Crippen LogP contribution is -1.81. The monoisotopic (exact) mass is 192 g/mol. The van der Waals surface area contributed by atoms with E-state index in [1.807, 2.05) is 30.5 Å². The minimum atomic E-state index is -0.169. The minimum absolute atomic E-state index is 0.169. The highest BCUT2D eigenvalue weighted by atomic mass is 32.1. The van der Waals surface area contributed by atoms with Crippen LogP contribution in [0.15, 0.2) is 35.7 Å². The lowest BCUT2D eigenvalue weighted by molar-refractivity contribution is 0.627. The average Bonchev–Trinajstić information content (AvgIpc) is 2.56. The van der Waals surface area contributed by atoms with Crippen molar-refractivity contribution in [3.63, 3.8) is 0 Å². The highest BCUT2D eigenvalue weighted by molar-refractivity contribution is 7.13. The second kappa shape index (κ2) is 3.30. The van der Waals surface area contributed by atoms with Gasteiger partial charge in [0.15, 0.2) is 0 Å². The van der Waals surface area contributed by atoms with Crippen molar-refractivity contribution in [1.82, 2.24) is 0 Å². The summed E-state index contributed by atoms with van der Waals surface area (Å²) in [6.07, 6.45) is 0. The standard InChI is InChI=1S/C11H9FS/c1-8-7-9(12)4-5-10(8)11-3-2-6-13-11/h2-7H,1H3. The third-order valence-corrected chi connectivity index (χ3v) is 2.88. The topological polar surface area (TPSA) is 0 Å². The Morgan fingerprint density at radius 1 is 1.23 bits per heavy atom. The van der Waals surface area contributed by atoms with Crippen LogP contribution < -0.4 is 0 Å². The molecule has 0 fully saturated rings. The molecule has 66 valence electrons. The third kappa shape index (κ3) is 1.63. The van der Waals surface area contributed by atoms with Gasteiger partial charge in [0.1, 0.15) is 5.82 Å². The van der Waals surface area contributed by atoms with Crippen LogP contribution in [-0.4, -0.2) is 0 Å². The number of halogens is 1. The van der Waals surface area contributed by atoms with E-state index in [1.165, 1.54) is 10.9 Å². The SMILES string of the molecule is Cc1cc(F)ccc1-c1cccs1. The Hall–Kier alpha value is -1.15. The summed E-state index contributed by atoms with van der Waals surface area (Å²) < 4.78 is 12.8. The molecule has 1 aromatic carbocycles. The van der Waals surface area contributed by atoms with Crippen LogP contribution in [0.4, 0.5) is 4.39 Å². The molecule has 13 heavy (non-hydrogen) atoms. The largest absolute Gasteiger partial charge is 0.207 e. The first kappa shape index (κ1) is 8.45. The predicted molar refractivity (Wildman–Crippen MR) is 54.5 cm³/mol. The molecule has 0 atom stereocenters. The number of hydrogen-bond acceptors (Lipinski definition) is 1. The molecule has 2 heteroatoms. The summed E-state index contributed by atoms with van der Waals surface area (Å²) >= 11 is 1.67. The maximum absolute atomic E-state index is 12.8. The summed E-state index contributed by atoms with van der Waals surface area (Å²) in [5, 5.41) is 2.03. The van der Waals surface area contributed by atoms with Crippen molar-refractivity contribution >= 4 is 11.3 Å². The van der Waals surface area contributed by atoms with Gasteiger partial charge in [-0.15, -0.1) is 11.3 Å². The summed E-state index contributed by atoms with van der Waals surface area (Å²) in [6.45, 7) is 1.93. The van der Waals surface area contributed by atoms with E-state index in [0.29, 0.717) is 0 Å². The Morgan fingerprint density at radius 2 is 2.08 bits per heavy atom. The molecule has 0 spiro atoms. The van der Waals surface area contributed by atoms with E-state index in [2.05, 4.69) is 0 Å². The molecule has 0 saturated heterocycles. The van der Waals surface area contributed by atoms with E-state index in [9.17, 15) is 4.39 Å². The van der Waals surface area contributed by atoms with Crippen molar-refractivity contribution in [1.29, 1.82) is 0 Å². The molecule has 0 amide bonds. The van der Waals surface area contributed by atoms with Gasteiger partial charge in [-0.05, 0) is 41.6 Å². The molecule has 0 unspecified atom stereocenters. The van der Waals surface area contributed by atoms with Crippen molar-refractivity contribution < 1.29 is 4.39 Å². The molecule has 0 N–H and O–H groups in total. The van der Waals surface area contributed by atoms with Crippen LogP contribution in [0.25, 0.3) is 10.4 Å². The first-order valence-corrected chi connectivity index (χ1v) is 4.95. The number of benzene rings is 1. The molecule has 0 radical (unpaired) electrons. The lowest BCUT2D eigenvalue weighted by Gasteiger charge is -2.02. The van der Waals surface area contributed by atoms with E-state index < -0.39 is 0 Å². The number of hydrogen-bond donors (Lipinski definition) is 0. The average molecular weight is 192 g/mol. The second-order valence-electron chi connectivity index (χ2n) is 2.94. The van der Waals surface area contributed by atoms with E-state index >= 15 is 0 Å². The molecular weight excluding hydrogens is 183 g/mol. The molecule has 0 aliphatic carbocycles. The van der Waals surface area contributed by atoms with Crippen LogP contribution in [0.2, 0.25) is 0 Å². The van der Waals surface area contributed by atoms with Crippen molar-refractivity contribution in [3.05, 3.63) is 47.1 Å². The molecule has 0 nitrogen and oxygen atoms in total. The van der Waals surface area contributed by atoms with Gasteiger partial charge in [-0.2, -0.15) is 0 Å². The Bertz CT molecular complexity index is 404. The highest BCUT2D eigenvalue weighted by Crippen LogP contribution is 2.27. The molecular formula is C11H9FS. The van der Waals surface area contributed by atoms with E-state index in [4.69, 9.17) is 0 Å². The predicted octanol–water partition coefficient (Wildman–Crippen LogP) is 3.86. The zero-order valence-electron chi connectivity index (χ0n) is 7.25. The van der Waals surface area contributed by atoms with Crippen LogP contribution in [0, 0.1) is 12.7 Å². The van der Waals surface area contributed by atoms with E-state index in [1.54, 1.807) is 17.4 Å². The zero-order chi connectivity index (χ0) is 9.26. The van der Waals surface area contributed by atoms with Crippen molar-refractivity contribution in [2.24, 2.45) is 0 Å². The Kier molecular flexibility index (Phi) is 2.15. The fourth-order valence-corrected chi connectivity index (χ4v) is 2.15. The second-order valence-corrected chi connectivity index (χ2v) is 3.88. The Balaban J connectivity index is 2.53. The van der Waals surface area contributed by atoms with Crippen LogP contribution in [-0.2, 0) is 0 Å². The smallest absolute Gasteiger partial charge is 0.123 e. The molecule has 1 aromatic heterocycles. The normalized spacial score (nSPS) is 10.3. The summed E-state index contributed by atoms with van der Waals surface area (Å²) in [5.41, 5.74) is 2.11. The van der Waals surface area contributed by atoms with E-state index in [-0.39, 0.29) is 5.82 Å². The van der Waals surface area contributed by atoms with Gasteiger partial charge < -0.3 is 0 Å². The van der Waals surface area contributed by atoms with E-state index in [0.717, 1.165) is 11.1 Å². The molecule has 0 bridgehead atoms. The van der Waals surface area contributed by atoms with Gasteiger partial charge in [0.2, 0.25) is 0 Å². The molecule has 2 rings (SSSR count). The molecule has 0 aliphatic heterocycles. The first-order valence-electron chi connectivity index (χ1n) is 4.07. The summed E-state index contributed by atoms with van der Waals surface area (Å²) in [5.74, 6) is -0.169. The van der Waals surface area contributed by atoms with Crippen molar-refractivity contribution in [2.45, 2.75) is 6.92 Å². The molecule has 0 aliphatic rings. The highest BCUT2D eigenvalue weighted by Gasteiger charge is 2.02. The third-order valence-electron chi connectivity index (χ3n) is 1.98. The number of aryl methyl sites for hydroxylation is 1. The first-order chi connectivity index (χ1) is 6.27. The van der Waals surface area contributed by atoms with Gasteiger partial charge in [0.05, 0.1) is 0 Å². The molecule has 0 saturated carbocycles. The van der Waals surface area contributed by atoms with Crippen LogP contribution in [0.3, 0.4) is 0 Å². The maximum Gasteiger partial charge on any atom is 0.123 e. The van der Waals surface area contributed by atoms with Gasteiger partial charge in [-0.3, -0.25) is 0 Å². The molecule has 2 aromatic rings. The van der Waals surface area contributed by atoms with Gasteiger partial charge in [-0.25, -0.2) is 4.39 Å². The number of rotatable bonds is 1. The van der Waals surface area contributed by atoms with Crippen molar-refractivity contribution in [3.8, 4) is 10.4 Å². The van der Waals surface area contributed by atoms with Gasteiger partial charge in [0, 0.05) is 4.88 Å². The van der Waals surface area contributed by atoms with Gasteiger partial charge in [0.25, 0.3) is 0 Å². The Morgan fingerprint density at radius 3 is 2.69 bits per heavy atom. The minimum Gasteiger partial charge on any atom is -0.207 e. The Labute approximate surface area is 80.7 Å². The summed E-state index contributed by atoms with van der Waals surface area (Å²) in [6, 6.07) is 8.95. The zero-order valence-corrected chi connectivity index (χ0v) is 8.07.